The number of nitrogens with zero attached hydrogens (tertiary/aromatic N) is 3. The lowest BCUT2D eigenvalue weighted by molar-refractivity contribution is -0.389. The lowest BCUT2D eigenvalue weighted by Crippen LogP contribution is -2.44. The summed E-state index contributed by atoms with van der Waals surface area (Å²) >= 11 is 12.3. The number of benzene rings is 1. The number of aromatic nitrogens is 1. The van der Waals surface area contributed by atoms with Gasteiger partial charge in [-0.05, 0) is 35.0 Å². The third-order valence-corrected chi connectivity index (χ3v) is 4.27. The normalized spacial score (nSPS) is 16.5. The van der Waals surface area contributed by atoms with Gasteiger partial charge in [0.15, 0.2) is 11.9 Å². The van der Waals surface area contributed by atoms with E-state index in [4.69, 9.17) is 27.9 Å². The van der Waals surface area contributed by atoms with Crippen molar-refractivity contribution in [1.29, 1.82) is 0 Å². The van der Waals surface area contributed by atoms with Crippen LogP contribution in [0, 0.1) is 10.1 Å². The van der Waals surface area contributed by atoms with Gasteiger partial charge in [-0.25, -0.2) is 0 Å². The highest BCUT2D eigenvalue weighted by molar-refractivity contribution is 6.36. The van der Waals surface area contributed by atoms with Crippen molar-refractivity contribution in [2.75, 3.05) is 4.90 Å². The Labute approximate surface area is 146 Å². The molecular weight excluding hydrogens is 357 g/mol. The number of amides is 1. The fraction of sp³-hybridized carbons (Fsp3) is 0.200. The molecule has 1 unspecified atom stereocenters. The van der Waals surface area contributed by atoms with Crippen LogP contribution >= 0.6 is 23.2 Å². The number of rotatable bonds is 3. The minimum Gasteiger partial charge on any atom is -0.475 e. The van der Waals surface area contributed by atoms with Crippen LogP contribution in [0.1, 0.15) is 12.5 Å². The average Bonchev–Trinajstić information content (AvgIpc) is 2.54. The average molecular weight is 368 g/mol. The second kappa shape index (κ2) is 6.26. The van der Waals surface area contributed by atoms with E-state index >= 15 is 0 Å². The Hall–Kier alpha value is -2.38. The lowest BCUT2D eigenvalue weighted by atomic mass is 10.1. The maximum atomic E-state index is 12.5. The number of nitro groups is 1. The molecule has 1 aliphatic rings. The number of halogens is 2. The molecule has 9 heteroatoms. The zero-order valence-corrected chi connectivity index (χ0v) is 13.9. The Kier molecular flexibility index (Phi) is 4.29. The number of carbonyl (C=O) groups is 1. The number of fused-ring (bicyclic) bond motifs is 1. The van der Waals surface area contributed by atoms with Crippen molar-refractivity contribution in [3.05, 3.63) is 56.1 Å². The van der Waals surface area contributed by atoms with Gasteiger partial charge in [0.25, 0.3) is 11.7 Å². The van der Waals surface area contributed by atoms with Crippen LogP contribution in [0.15, 0.2) is 30.3 Å². The number of carbonyl (C=O) groups excluding carboxylic acids is 1. The van der Waals surface area contributed by atoms with E-state index in [1.807, 2.05) is 0 Å². The van der Waals surface area contributed by atoms with Crippen LogP contribution in [-0.2, 0) is 11.3 Å². The molecule has 0 saturated heterocycles. The first kappa shape index (κ1) is 16.5. The molecule has 124 valence electrons. The van der Waals surface area contributed by atoms with Crippen molar-refractivity contribution >= 4 is 40.7 Å². The van der Waals surface area contributed by atoms with E-state index in [0.29, 0.717) is 15.6 Å². The predicted octanol–water partition coefficient (Wildman–Crippen LogP) is 3.61. The zero-order valence-electron chi connectivity index (χ0n) is 12.4. The van der Waals surface area contributed by atoms with Gasteiger partial charge in [0.2, 0.25) is 0 Å². The summed E-state index contributed by atoms with van der Waals surface area (Å²) < 4.78 is 5.46. The van der Waals surface area contributed by atoms with E-state index in [0.717, 1.165) is 0 Å². The molecular formula is C15H11Cl2N3O4. The number of pyridine rings is 1. The van der Waals surface area contributed by atoms with Crippen molar-refractivity contribution in [1.82, 2.24) is 4.98 Å². The van der Waals surface area contributed by atoms with E-state index in [1.165, 1.54) is 17.0 Å². The van der Waals surface area contributed by atoms with Crippen molar-refractivity contribution in [2.24, 2.45) is 0 Å². The maximum absolute atomic E-state index is 12.5. The standard InChI is InChI=1S/C15H11Cl2N3O4/c1-8-15(21)19(7-9-10(16)3-2-4-11(9)17)14-12(24-8)5-6-13(18-14)20(22)23/h2-6,8H,7H2,1H3. The Morgan fingerprint density at radius 3 is 2.58 bits per heavy atom. The van der Waals surface area contributed by atoms with Crippen molar-refractivity contribution < 1.29 is 14.5 Å². The van der Waals surface area contributed by atoms with E-state index in [2.05, 4.69) is 4.98 Å². The molecule has 1 atom stereocenters. The lowest BCUT2D eigenvalue weighted by Gasteiger charge is -2.29. The molecule has 0 radical (unpaired) electrons. The molecule has 0 bridgehead atoms. The highest BCUT2D eigenvalue weighted by atomic mass is 35.5. The zero-order chi connectivity index (χ0) is 17.4. The quantitative estimate of drug-likeness (QED) is 0.610. The number of ether oxygens (including phenoxy) is 1. The predicted molar refractivity (Wildman–Crippen MR) is 88.6 cm³/mol. The molecule has 1 aromatic carbocycles. The van der Waals surface area contributed by atoms with Crippen LogP contribution in [-0.4, -0.2) is 21.9 Å². The Morgan fingerprint density at radius 2 is 1.96 bits per heavy atom. The van der Waals surface area contributed by atoms with Crippen LogP contribution in [0.25, 0.3) is 0 Å². The minimum absolute atomic E-state index is 0.0339. The monoisotopic (exact) mass is 367 g/mol. The minimum atomic E-state index is -0.748. The summed E-state index contributed by atoms with van der Waals surface area (Å²) in [7, 11) is 0. The molecule has 0 spiro atoms. The van der Waals surface area contributed by atoms with Gasteiger partial charge >= 0.3 is 5.82 Å². The van der Waals surface area contributed by atoms with Gasteiger partial charge in [-0.15, -0.1) is 0 Å². The topological polar surface area (TPSA) is 85.6 Å². The highest BCUT2D eigenvalue weighted by Crippen LogP contribution is 2.36. The number of hydrogen-bond acceptors (Lipinski definition) is 5. The fourth-order valence-electron chi connectivity index (χ4n) is 2.37. The van der Waals surface area contributed by atoms with E-state index < -0.39 is 11.0 Å². The summed E-state index contributed by atoms with van der Waals surface area (Å²) in [6.45, 7) is 1.63. The highest BCUT2D eigenvalue weighted by Gasteiger charge is 2.37. The molecule has 7 nitrogen and oxygen atoms in total. The molecule has 24 heavy (non-hydrogen) atoms. The van der Waals surface area contributed by atoms with E-state index in [1.54, 1.807) is 25.1 Å². The summed E-state index contributed by atoms with van der Waals surface area (Å²) in [5.74, 6) is -0.402. The second-order valence-electron chi connectivity index (χ2n) is 5.13. The van der Waals surface area contributed by atoms with Crippen molar-refractivity contribution in [2.45, 2.75) is 19.6 Å². The molecule has 3 rings (SSSR count). The third kappa shape index (κ3) is 2.88. The molecule has 1 aliphatic heterocycles. The van der Waals surface area contributed by atoms with Crippen molar-refractivity contribution in [3.8, 4) is 5.75 Å². The van der Waals surface area contributed by atoms with Crippen LogP contribution < -0.4 is 9.64 Å². The fourth-order valence-corrected chi connectivity index (χ4v) is 2.89. The van der Waals surface area contributed by atoms with E-state index in [-0.39, 0.29) is 29.8 Å². The van der Waals surface area contributed by atoms with E-state index in [9.17, 15) is 14.9 Å². The van der Waals surface area contributed by atoms with Gasteiger partial charge in [-0.3, -0.25) is 9.69 Å². The van der Waals surface area contributed by atoms with Gasteiger partial charge in [-0.2, -0.15) is 0 Å². The number of anilines is 1. The summed E-state index contributed by atoms with van der Waals surface area (Å²) in [5.41, 5.74) is 0.530. The molecule has 0 saturated carbocycles. The molecule has 0 N–H and O–H groups in total. The molecule has 1 amide bonds. The maximum Gasteiger partial charge on any atom is 0.366 e. The Morgan fingerprint density at radius 1 is 1.29 bits per heavy atom. The second-order valence-corrected chi connectivity index (χ2v) is 5.95. The first-order valence-corrected chi connectivity index (χ1v) is 7.70. The molecule has 0 aliphatic carbocycles. The number of hydrogen-bond donors (Lipinski definition) is 0. The van der Waals surface area contributed by atoms with Crippen LogP contribution in [0.3, 0.4) is 0 Å². The first-order chi connectivity index (χ1) is 11.4. The van der Waals surface area contributed by atoms with Gasteiger partial charge in [0.1, 0.15) is 0 Å². The third-order valence-electron chi connectivity index (χ3n) is 3.56. The SMILES string of the molecule is CC1Oc2ccc([N+](=O)[O-])nc2N(Cc2c(Cl)cccc2Cl)C1=O. The van der Waals surface area contributed by atoms with Gasteiger partial charge < -0.3 is 14.9 Å². The molecule has 0 fully saturated rings. The largest absolute Gasteiger partial charge is 0.475 e. The van der Waals surface area contributed by atoms with Gasteiger partial charge in [0.05, 0.1) is 6.54 Å². The summed E-state index contributed by atoms with van der Waals surface area (Å²) in [5, 5.41) is 11.7. The van der Waals surface area contributed by atoms with Crippen molar-refractivity contribution in [3.63, 3.8) is 0 Å². The Bertz CT molecular complexity index is 823. The summed E-state index contributed by atoms with van der Waals surface area (Å²) in [4.78, 5) is 28.1. The van der Waals surface area contributed by atoms with Gasteiger partial charge in [-0.1, -0.05) is 29.3 Å². The van der Waals surface area contributed by atoms with Crippen LogP contribution in [0.5, 0.6) is 5.75 Å². The molecule has 2 heterocycles. The van der Waals surface area contributed by atoms with Crippen LogP contribution in [0.4, 0.5) is 11.6 Å². The molecule has 2 aromatic rings. The molecule has 1 aromatic heterocycles. The summed E-state index contributed by atoms with van der Waals surface area (Å²) in [6, 6.07) is 7.64. The smallest absolute Gasteiger partial charge is 0.366 e. The Balaban J connectivity index is 2.08. The first-order valence-electron chi connectivity index (χ1n) is 6.95. The van der Waals surface area contributed by atoms with Crippen LogP contribution in [0.2, 0.25) is 10.0 Å². The summed E-state index contributed by atoms with van der Waals surface area (Å²) in [6.07, 6.45) is -0.748. The van der Waals surface area contributed by atoms with Gasteiger partial charge in [0, 0.05) is 21.7 Å².